The molecule has 0 aromatic heterocycles. The second kappa shape index (κ2) is 10.5. The van der Waals surface area contributed by atoms with E-state index in [2.05, 4.69) is 23.3 Å². The molecule has 3 heterocycles. The summed E-state index contributed by atoms with van der Waals surface area (Å²) >= 11 is 0. The third-order valence-electron chi connectivity index (χ3n) is 6.39. The number of aliphatic hydroxyl groups is 1. The molecule has 1 unspecified atom stereocenters. The molecule has 190 valence electrons. The first kappa shape index (κ1) is 25.4. The monoisotopic (exact) mass is 496 g/mol. The lowest BCUT2D eigenvalue weighted by Gasteiger charge is -2.38. The van der Waals surface area contributed by atoms with Crippen molar-refractivity contribution in [1.29, 1.82) is 0 Å². The first-order valence-corrected chi connectivity index (χ1v) is 11.8. The molecule has 0 amide bonds. The molecule has 0 saturated carbocycles. The third kappa shape index (κ3) is 4.46. The lowest BCUT2D eigenvalue weighted by molar-refractivity contribution is -0.137. The van der Waals surface area contributed by atoms with E-state index in [1.54, 1.807) is 4.90 Å². The lowest BCUT2D eigenvalue weighted by Crippen LogP contribution is -2.51. The number of aliphatic imine (C=N–C) groups is 1. The predicted molar refractivity (Wildman–Crippen MR) is 137 cm³/mol. The molecule has 36 heavy (non-hydrogen) atoms. The van der Waals surface area contributed by atoms with Crippen LogP contribution in [0.3, 0.4) is 0 Å². The number of halogens is 2. The quantitative estimate of drug-likeness (QED) is 0.623. The molecule has 1 N–H and O–H groups in total. The highest BCUT2D eigenvalue weighted by Crippen LogP contribution is 2.41. The summed E-state index contributed by atoms with van der Waals surface area (Å²) in [4.78, 5) is 14.0. The van der Waals surface area contributed by atoms with E-state index in [1.165, 1.54) is 12.1 Å². The van der Waals surface area contributed by atoms with Crippen LogP contribution in [0.25, 0.3) is 6.08 Å². The Kier molecular flexibility index (Phi) is 7.40. The Morgan fingerprint density at radius 1 is 1.19 bits per heavy atom. The summed E-state index contributed by atoms with van der Waals surface area (Å²) in [6.07, 6.45) is 3.53. The van der Waals surface area contributed by atoms with E-state index in [4.69, 9.17) is 9.57 Å². The molecule has 0 radical (unpaired) electrons. The van der Waals surface area contributed by atoms with Gasteiger partial charge in [-0.2, -0.15) is 0 Å². The minimum absolute atomic E-state index is 0.183. The number of likely N-dealkylation sites (N-methyl/N-ethyl adjacent to an activating group) is 1. The number of piperidine rings is 1. The van der Waals surface area contributed by atoms with Gasteiger partial charge < -0.3 is 24.5 Å². The molecule has 7 nitrogen and oxygen atoms in total. The largest absolute Gasteiger partial charge is 0.483 e. The number of hydrogen-bond donors (Lipinski definition) is 1. The van der Waals surface area contributed by atoms with Crippen molar-refractivity contribution in [3.8, 4) is 5.75 Å². The Labute approximate surface area is 209 Å². The van der Waals surface area contributed by atoms with E-state index in [0.29, 0.717) is 25.5 Å². The van der Waals surface area contributed by atoms with E-state index >= 15 is 0 Å². The van der Waals surface area contributed by atoms with Crippen molar-refractivity contribution in [3.63, 3.8) is 0 Å². The molecule has 0 aliphatic carbocycles. The number of nitrogens with zero attached hydrogens (tertiary/aromatic N) is 4. The van der Waals surface area contributed by atoms with Crippen LogP contribution in [0.15, 0.2) is 65.3 Å². The molecule has 1 fully saturated rings. The van der Waals surface area contributed by atoms with Gasteiger partial charge >= 0.3 is 0 Å². The summed E-state index contributed by atoms with van der Waals surface area (Å²) in [6, 6.07) is 9.09. The van der Waals surface area contributed by atoms with Gasteiger partial charge in [-0.1, -0.05) is 11.2 Å². The number of aliphatic hydroxyl groups excluding tert-OH is 1. The van der Waals surface area contributed by atoms with Gasteiger partial charge in [-0.15, -0.1) is 13.2 Å². The van der Waals surface area contributed by atoms with Gasteiger partial charge in [0.25, 0.3) is 5.72 Å². The van der Waals surface area contributed by atoms with Crippen LogP contribution >= 0.6 is 0 Å². The molecular weight excluding hydrogens is 466 g/mol. The van der Waals surface area contributed by atoms with Crippen LogP contribution in [0, 0.1) is 11.6 Å². The predicted octanol–water partition coefficient (Wildman–Crippen LogP) is 4.68. The van der Waals surface area contributed by atoms with Crippen molar-refractivity contribution >= 4 is 23.4 Å². The van der Waals surface area contributed by atoms with Crippen molar-refractivity contribution in [2.75, 3.05) is 38.3 Å². The Bertz CT molecular complexity index is 1210. The van der Waals surface area contributed by atoms with Crippen LogP contribution in [0.1, 0.15) is 30.9 Å². The van der Waals surface area contributed by atoms with Crippen molar-refractivity contribution in [2.45, 2.75) is 25.5 Å². The normalized spacial score (nSPS) is 22.8. The van der Waals surface area contributed by atoms with Crippen LogP contribution in [0.2, 0.25) is 0 Å². The molecule has 0 spiro atoms. The van der Waals surface area contributed by atoms with Gasteiger partial charge in [0.15, 0.2) is 5.84 Å². The molecule has 1 saturated heterocycles. The molecule has 2 aromatic carbocycles. The summed E-state index contributed by atoms with van der Waals surface area (Å²) in [7, 11) is 1.97. The number of oxime groups is 1. The van der Waals surface area contributed by atoms with Crippen LogP contribution in [0.5, 0.6) is 5.75 Å². The fourth-order valence-corrected chi connectivity index (χ4v) is 4.70. The maximum absolute atomic E-state index is 13.9. The molecular formula is C27H30F2N4O3. The van der Waals surface area contributed by atoms with Gasteiger partial charge in [0.2, 0.25) is 0 Å². The number of hydrogen-bond acceptors (Lipinski definition) is 6. The summed E-state index contributed by atoms with van der Waals surface area (Å²) < 4.78 is 33.8. The Morgan fingerprint density at radius 3 is 2.64 bits per heavy atom. The minimum Gasteiger partial charge on any atom is -0.483 e. The van der Waals surface area contributed by atoms with Crippen LogP contribution in [0.4, 0.5) is 14.5 Å². The highest BCUT2D eigenvalue weighted by molar-refractivity contribution is 6.04. The van der Waals surface area contributed by atoms with E-state index < -0.39 is 24.0 Å². The van der Waals surface area contributed by atoms with Gasteiger partial charge in [0.1, 0.15) is 36.4 Å². The average Bonchev–Trinajstić information content (AvgIpc) is 3.27. The number of rotatable bonds is 4. The van der Waals surface area contributed by atoms with Crippen molar-refractivity contribution in [1.82, 2.24) is 4.90 Å². The fourth-order valence-electron chi connectivity index (χ4n) is 4.70. The van der Waals surface area contributed by atoms with Gasteiger partial charge in [-0.05, 0) is 61.2 Å². The van der Waals surface area contributed by atoms with Crippen LogP contribution in [-0.2, 0) is 10.6 Å². The zero-order valence-electron chi connectivity index (χ0n) is 20.5. The smallest absolute Gasteiger partial charge is 0.260 e. The SMILES string of the molecule is C=C.CCN=C1COc2cc(/C=C3\CCCN4C3=NOC4(CO)c3cc(F)cc(F)c3)ccc2N1C. The zero-order valence-corrected chi connectivity index (χ0v) is 20.5. The summed E-state index contributed by atoms with van der Waals surface area (Å²) in [6.45, 7) is 9.13. The number of ether oxygens (including phenoxy) is 1. The van der Waals surface area contributed by atoms with Gasteiger partial charge in [-0.25, -0.2) is 8.78 Å². The Hall–Kier alpha value is -3.72. The third-order valence-corrected chi connectivity index (χ3v) is 6.39. The topological polar surface area (TPSA) is 69.9 Å². The second-order valence-corrected chi connectivity index (χ2v) is 8.50. The number of fused-ring (bicyclic) bond motifs is 2. The van der Waals surface area contributed by atoms with Gasteiger partial charge in [0.05, 0.1) is 5.69 Å². The molecule has 0 bridgehead atoms. The Balaban J connectivity index is 0.00000148. The van der Waals surface area contributed by atoms with E-state index in [9.17, 15) is 13.9 Å². The molecule has 9 heteroatoms. The fraction of sp³-hybridized carbons (Fsp3) is 0.333. The molecule has 1 atom stereocenters. The number of amidine groups is 2. The average molecular weight is 497 g/mol. The van der Waals surface area contributed by atoms with Crippen LogP contribution < -0.4 is 9.64 Å². The van der Waals surface area contributed by atoms with E-state index in [0.717, 1.165) is 47.3 Å². The number of benzene rings is 2. The maximum atomic E-state index is 13.9. The highest BCUT2D eigenvalue weighted by Gasteiger charge is 2.49. The summed E-state index contributed by atoms with van der Waals surface area (Å²) in [5.41, 5.74) is 1.51. The Morgan fingerprint density at radius 2 is 1.94 bits per heavy atom. The highest BCUT2D eigenvalue weighted by atomic mass is 19.1. The molecule has 2 aromatic rings. The first-order valence-electron chi connectivity index (χ1n) is 11.8. The molecule has 5 rings (SSSR count). The lowest BCUT2D eigenvalue weighted by atomic mass is 9.94. The minimum atomic E-state index is -1.46. The number of anilines is 1. The zero-order chi connectivity index (χ0) is 25.9. The van der Waals surface area contributed by atoms with Gasteiger partial charge in [0, 0.05) is 31.8 Å². The summed E-state index contributed by atoms with van der Waals surface area (Å²) in [5.74, 6) is 0.732. The van der Waals surface area contributed by atoms with E-state index in [1.807, 2.05) is 43.1 Å². The van der Waals surface area contributed by atoms with E-state index in [-0.39, 0.29) is 5.56 Å². The molecule has 3 aliphatic heterocycles. The van der Waals surface area contributed by atoms with Crippen molar-refractivity contribution in [3.05, 3.63) is 77.9 Å². The first-order chi connectivity index (χ1) is 17.4. The van der Waals surface area contributed by atoms with Crippen molar-refractivity contribution < 1.29 is 23.5 Å². The van der Waals surface area contributed by atoms with Gasteiger partial charge in [-0.3, -0.25) is 4.99 Å². The van der Waals surface area contributed by atoms with Crippen LogP contribution in [-0.4, -0.2) is 55.0 Å². The standard InChI is InChI=1S/C25H26F2N4O3.C2H4/c1-3-28-23-14-33-22-10-16(6-7-21(22)30(23)2)9-17-5-4-8-31-24(17)29-34-25(31,15-32)18-11-19(26)13-20(27)12-18;1-2/h6-7,9-13,32H,3-5,8,14-15H2,1-2H3;1-2H2/b17-9+,28-23?;. The molecule has 3 aliphatic rings. The summed E-state index contributed by atoms with van der Waals surface area (Å²) in [5, 5.41) is 14.5. The maximum Gasteiger partial charge on any atom is 0.260 e. The second-order valence-electron chi connectivity index (χ2n) is 8.50. The van der Waals surface area contributed by atoms with Crippen molar-refractivity contribution in [2.24, 2.45) is 10.1 Å².